The molecule has 1 saturated carbocycles. The predicted octanol–water partition coefficient (Wildman–Crippen LogP) is 1.61. The maximum Gasteiger partial charge on any atom is 0.475 e. The average Bonchev–Trinajstić information content (AvgIpc) is 3.17. The molecule has 1 saturated heterocycles. The van der Waals surface area contributed by atoms with Crippen LogP contribution < -0.4 is 5.32 Å². The Balaban J connectivity index is 1.34. The van der Waals surface area contributed by atoms with Gasteiger partial charge in [0.25, 0.3) is 0 Å². The first kappa shape index (κ1) is 16.4. The van der Waals surface area contributed by atoms with Crippen molar-refractivity contribution in [1.82, 2.24) is 5.32 Å². The molecule has 2 fully saturated rings. The minimum Gasteiger partial charge on any atom is -0.462 e. The van der Waals surface area contributed by atoms with Crippen molar-refractivity contribution in [3.05, 3.63) is 46.7 Å². The molecule has 6 nitrogen and oxygen atoms in total. The van der Waals surface area contributed by atoms with Crippen LogP contribution in [0, 0.1) is 5.92 Å². The summed E-state index contributed by atoms with van der Waals surface area (Å²) in [5.41, 5.74) is 2.34. The predicted molar refractivity (Wildman–Crippen MR) is 95.5 cm³/mol. The quantitative estimate of drug-likeness (QED) is 0.420. The molecule has 1 spiro atoms. The maximum atomic E-state index is 12.7. The molecule has 1 unspecified atom stereocenters. The molecule has 2 heterocycles. The molecule has 3 aliphatic rings. The molecule has 1 aliphatic heterocycles. The molecule has 26 heavy (non-hydrogen) atoms. The van der Waals surface area contributed by atoms with E-state index in [0.29, 0.717) is 10.6 Å². The lowest BCUT2D eigenvalue weighted by molar-refractivity contribution is -0.124. The van der Waals surface area contributed by atoms with Gasteiger partial charge in [-0.2, -0.15) is 0 Å². The highest BCUT2D eigenvalue weighted by Crippen LogP contribution is 2.63. The number of furan rings is 1. The highest BCUT2D eigenvalue weighted by molar-refractivity contribution is 6.43. The summed E-state index contributed by atoms with van der Waals surface area (Å²) in [4.78, 5) is 12.7. The number of rotatable bonds is 5. The van der Waals surface area contributed by atoms with Gasteiger partial charge in [-0.1, -0.05) is 29.8 Å². The Morgan fingerprint density at radius 2 is 2.31 bits per heavy atom. The van der Waals surface area contributed by atoms with Crippen LogP contribution in [0.5, 0.6) is 0 Å². The van der Waals surface area contributed by atoms with Crippen LogP contribution in [-0.2, 0) is 16.0 Å². The lowest BCUT2D eigenvalue weighted by atomic mass is 9.75. The zero-order valence-electron chi connectivity index (χ0n) is 13.8. The van der Waals surface area contributed by atoms with Crippen LogP contribution >= 0.6 is 11.6 Å². The molecular weight excluding hydrogens is 356 g/mol. The first-order valence-electron chi connectivity index (χ1n) is 8.70. The first-order chi connectivity index (χ1) is 12.5. The Morgan fingerprint density at radius 1 is 1.46 bits per heavy atom. The second-order valence-electron chi connectivity index (χ2n) is 7.26. The molecule has 1 aromatic heterocycles. The van der Waals surface area contributed by atoms with E-state index >= 15 is 0 Å². The number of fused-ring (bicyclic) bond motifs is 1. The van der Waals surface area contributed by atoms with Crippen LogP contribution in [0.15, 0.2) is 40.5 Å². The Hall–Kier alpha value is -1.80. The summed E-state index contributed by atoms with van der Waals surface area (Å²) >= 11 is 6.11. The molecule has 2 aromatic rings. The summed E-state index contributed by atoms with van der Waals surface area (Å²) in [5.74, 6) is -1.45. The van der Waals surface area contributed by atoms with Crippen molar-refractivity contribution < 1.29 is 24.0 Å². The molecule has 0 radical (unpaired) electrons. The van der Waals surface area contributed by atoms with E-state index in [4.69, 9.17) is 20.8 Å². The van der Waals surface area contributed by atoms with Crippen LogP contribution in [0.3, 0.4) is 0 Å². The normalized spacial score (nSPS) is 29.4. The van der Waals surface area contributed by atoms with Gasteiger partial charge in [0.15, 0.2) is 5.58 Å². The summed E-state index contributed by atoms with van der Waals surface area (Å²) in [6.45, 7) is 0. The average molecular weight is 374 g/mol. The molecule has 2 aliphatic carbocycles. The van der Waals surface area contributed by atoms with E-state index in [2.05, 4.69) is 5.32 Å². The largest absolute Gasteiger partial charge is 0.475 e. The van der Waals surface area contributed by atoms with Gasteiger partial charge in [0.1, 0.15) is 11.7 Å². The van der Waals surface area contributed by atoms with Gasteiger partial charge < -0.3 is 24.5 Å². The van der Waals surface area contributed by atoms with E-state index in [1.165, 1.54) is 11.8 Å². The second-order valence-corrected chi connectivity index (χ2v) is 7.66. The molecule has 1 amide bonds. The SMILES string of the molecule is O=C(N[C@@H](Cc1coc2c(Cl)cccc12)B(O)O)[C@@H]1C=C2CCC23O[C@H]13. The number of epoxide rings is 1. The number of carbonyl (C=O) groups is 1. The number of benzene rings is 1. The lowest BCUT2D eigenvalue weighted by Crippen LogP contribution is -2.50. The number of halogens is 1. The highest BCUT2D eigenvalue weighted by Gasteiger charge is 2.70. The summed E-state index contributed by atoms with van der Waals surface area (Å²) in [6, 6.07) is 5.38. The second kappa shape index (κ2) is 5.60. The van der Waals surface area contributed by atoms with Gasteiger partial charge in [0, 0.05) is 5.39 Å². The minimum atomic E-state index is -1.69. The number of hydrogen-bond donors (Lipinski definition) is 3. The van der Waals surface area contributed by atoms with Crippen LogP contribution in [0.1, 0.15) is 18.4 Å². The monoisotopic (exact) mass is 373 g/mol. The van der Waals surface area contributed by atoms with Crippen LogP contribution in [0.25, 0.3) is 11.0 Å². The molecule has 5 rings (SSSR count). The third kappa shape index (κ3) is 2.28. The van der Waals surface area contributed by atoms with Gasteiger partial charge in [-0.15, -0.1) is 0 Å². The number of hydrogen-bond acceptors (Lipinski definition) is 5. The van der Waals surface area contributed by atoms with Gasteiger partial charge in [-0.05, 0) is 36.5 Å². The number of carbonyl (C=O) groups excluding carboxylic acids is 1. The third-order valence-corrected chi connectivity index (χ3v) is 6.12. The van der Waals surface area contributed by atoms with E-state index in [0.717, 1.165) is 23.8 Å². The fourth-order valence-corrected chi connectivity index (χ4v) is 4.47. The number of ether oxygens (including phenoxy) is 1. The first-order valence-corrected chi connectivity index (χ1v) is 9.07. The Morgan fingerprint density at radius 3 is 2.92 bits per heavy atom. The molecule has 0 bridgehead atoms. The van der Waals surface area contributed by atoms with Gasteiger partial charge in [-0.25, -0.2) is 0 Å². The van der Waals surface area contributed by atoms with E-state index in [1.807, 2.05) is 12.1 Å². The van der Waals surface area contributed by atoms with Gasteiger partial charge >= 0.3 is 7.12 Å². The van der Waals surface area contributed by atoms with Crippen molar-refractivity contribution in [2.75, 3.05) is 0 Å². The highest BCUT2D eigenvalue weighted by atomic mass is 35.5. The Labute approximate surface area is 154 Å². The lowest BCUT2D eigenvalue weighted by Gasteiger charge is -2.23. The van der Waals surface area contributed by atoms with Crippen LogP contribution in [-0.4, -0.2) is 40.7 Å². The Kier molecular flexibility index (Phi) is 3.53. The smallest absolute Gasteiger partial charge is 0.462 e. The van der Waals surface area contributed by atoms with E-state index in [9.17, 15) is 14.8 Å². The summed E-state index contributed by atoms with van der Waals surface area (Å²) in [5, 5.41) is 23.6. The number of para-hydroxylation sites is 1. The third-order valence-electron chi connectivity index (χ3n) is 5.82. The molecule has 8 heteroatoms. The van der Waals surface area contributed by atoms with Crippen LogP contribution in [0.2, 0.25) is 5.02 Å². The topological polar surface area (TPSA) is 95.2 Å². The van der Waals surface area contributed by atoms with Crippen LogP contribution in [0.4, 0.5) is 0 Å². The molecule has 4 atom stereocenters. The van der Waals surface area contributed by atoms with Gasteiger partial charge in [0.2, 0.25) is 5.91 Å². The van der Waals surface area contributed by atoms with Gasteiger partial charge in [-0.3, -0.25) is 4.79 Å². The summed E-state index contributed by atoms with van der Waals surface area (Å²) < 4.78 is 11.2. The van der Waals surface area contributed by atoms with Crippen molar-refractivity contribution in [2.45, 2.75) is 36.9 Å². The van der Waals surface area contributed by atoms with E-state index in [1.54, 1.807) is 12.1 Å². The number of nitrogens with one attached hydrogen (secondary N) is 1. The summed E-state index contributed by atoms with van der Waals surface area (Å²) in [6.07, 6.45) is 5.60. The van der Waals surface area contributed by atoms with Crippen molar-refractivity contribution >= 4 is 35.6 Å². The fourth-order valence-electron chi connectivity index (χ4n) is 4.25. The molecule has 3 N–H and O–H groups in total. The summed E-state index contributed by atoms with van der Waals surface area (Å²) in [7, 11) is -1.69. The fraction of sp³-hybridized carbons (Fsp3) is 0.389. The zero-order chi connectivity index (χ0) is 18.1. The van der Waals surface area contributed by atoms with E-state index < -0.39 is 13.1 Å². The van der Waals surface area contributed by atoms with Crippen molar-refractivity contribution in [2.24, 2.45) is 5.92 Å². The van der Waals surface area contributed by atoms with Gasteiger partial charge in [0.05, 0.1) is 23.1 Å². The zero-order valence-corrected chi connectivity index (χ0v) is 14.6. The number of amides is 1. The molecule has 1 aromatic carbocycles. The molecular formula is C18H17BClNO5. The van der Waals surface area contributed by atoms with E-state index in [-0.39, 0.29) is 30.0 Å². The minimum absolute atomic E-state index is 0.0868. The van der Waals surface area contributed by atoms with Crippen molar-refractivity contribution in [1.29, 1.82) is 0 Å². The standard InChI is InChI=1S/C18H17BClNO5/c20-13-3-1-2-11-9(8-25-15(11)13)6-14(19(23)24)21-17(22)12-7-10-4-5-18(10)16(12)26-18/h1-3,7-8,12,14,16,23-24H,4-6H2,(H,21,22)/t12-,14+,16-,18?/m1/s1. The van der Waals surface area contributed by atoms with Crippen molar-refractivity contribution in [3.63, 3.8) is 0 Å². The maximum absolute atomic E-state index is 12.7. The van der Waals surface area contributed by atoms with Crippen molar-refractivity contribution in [3.8, 4) is 0 Å². The Bertz CT molecular complexity index is 941. The molecule has 134 valence electrons.